The number of benzene rings is 2. The third-order valence-corrected chi connectivity index (χ3v) is 4.73. The number of ether oxygens (including phenoxy) is 2. The largest absolute Gasteiger partial charge is 0.491 e. The summed E-state index contributed by atoms with van der Waals surface area (Å²) in [7, 11) is 0. The minimum absolute atomic E-state index is 0.0613. The quantitative estimate of drug-likeness (QED) is 0.878. The highest BCUT2D eigenvalue weighted by Gasteiger charge is 2.41. The lowest BCUT2D eigenvalue weighted by atomic mass is 9.73. The summed E-state index contributed by atoms with van der Waals surface area (Å²) in [4.78, 5) is 13.1. The lowest BCUT2D eigenvalue weighted by molar-refractivity contribution is -0.131. The Labute approximate surface area is 149 Å². The Morgan fingerprint density at radius 1 is 1.08 bits per heavy atom. The molecule has 2 aromatic carbocycles. The van der Waals surface area contributed by atoms with Gasteiger partial charge in [0, 0.05) is 13.2 Å². The molecule has 0 saturated carbocycles. The molecule has 1 atom stereocenters. The molecule has 1 fully saturated rings. The van der Waals surface area contributed by atoms with Crippen molar-refractivity contribution in [2.75, 3.05) is 19.8 Å². The van der Waals surface area contributed by atoms with Crippen LogP contribution in [0, 0.1) is 0 Å². The van der Waals surface area contributed by atoms with Gasteiger partial charge in [-0.3, -0.25) is 4.79 Å². The second kappa shape index (κ2) is 8.17. The third kappa shape index (κ3) is 4.20. The van der Waals surface area contributed by atoms with Gasteiger partial charge in [0.1, 0.15) is 12.4 Å². The van der Waals surface area contributed by atoms with E-state index in [9.17, 15) is 4.79 Å². The number of hydrogen-bond acceptors (Lipinski definition) is 3. The number of para-hydroxylation sites is 1. The predicted octanol–water partition coefficient (Wildman–Crippen LogP) is 3.32. The van der Waals surface area contributed by atoms with Gasteiger partial charge < -0.3 is 14.8 Å². The highest BCUT2D eigenvalue weighted by Crippen LogP contribution is 2.35. The van der Waals surface area contributed by atoms with Crippen molar-refractivity contribution >= 4 is 5.91 Å². The topological polar surface area (TPSA) is 47.6 Å². The van der Waals surface area contributed by atoms with Crippen molar-refractivity contribution in [3.05, 3.63) is 66.2 Å². The van der Waals surface area contributed by atoms with Gasteiger partial charge in [-0.05, 0) is 37.5 Å². The van der Waals surface area contributed by atoms with E-state index in [0.29, 0.717) is 32.7 Å². The summed E-state index contributed by atoms with van der Waals surface area (Å²) in [5, 5.41) is 3.14. The van der Waals surface area contributed by atoms with Crippen LogP contribution < -0.4 is 10.1 Å². The van der Waals surface area contributed by atoms with Crippen LogP contribution in [-0.4, -0.2) is 31.8 Å². The molecule has 3 rings (SSSR count). The smallest absolute Gasteiger partial charge is 0.231 e. The van der Waals surface area contributed by atoms with Crippen molar-refractivity contribution in [3.8, 4) is 5.75 Å². The average molecular weight is 339 g/mol. The molecular formula is C21H25NO3. The van der Waals surface area contributed by atoms with Gasteiger partial charge in [0.05, 0.1) is 11.5 Å². The maximum atomic E-state index is 13.1. The van der Waals surface area contributed by atoms with E-state index in [2.05, 4.69) is 5.32 Å². The molecule has 2 aromatic rings. The Bertz CT molecular complexity index is 666. The summed E-state index contributed by atoms with van der Waals surface area (Å²) in [5.74, 6) is 0.874. The molecule has 1 aliphatic heterocycles. The van der Waals surface area contributed by atoms with Crippen LogP contribution in [0.25, 0.3) is 0 Å². The first-order valence-electron chi connectivity index (χ1n) is 8.83. The molecule has 0 spiro atoms. The Kier molecular flexibility index (Phi) is 5.71. The zero-order valence-electron chi connectivity index (χ0n) is 14.6. The molecule has 0 aromatic heterocycles. The maximum absolute atomic E-state index is 13.1. The summed E-state index contributed by atoms with van der Waals surface area (Å²) < 4.78 is 11.3. The summed E-state index contributed by atoms with van der Waals surface area (Å²) in [6.45, 7) is 3.63. The first-order valence-corrected chi connectivity index (χ1v) is 8.83. The number of rotatable bonds is 6. The van der Waals surface area contributed by atoms with E-state index < -0.39 is 5.41 Å². The van der Waals surface area contributed by atoms with E-state index in [1.807, 2.05) is 67.6 Å². The number of carbonyl (C=O) groups excluding carboxylic acids is 1. The van der Waals surface area contributed by atoms with Gasteiger partial charge in [0.2, 0.25) is 5.91 Å². The van der Waals surface area contributed by atoms with Gasteiger partial charge in [0.15, 0.2) is 0 Å². The van der Waals surface area contributed by atoms with Gasteiger partial charge in [-0.1, -0.05) is 48.5 Å². The van der Waals surface area contributed by atoms with Crippen LogP contribution in [0.2, 0.25) is 0 Å². The van der Waals surface area contributed by atoms with E-state index in [0.717, 1.165) is 11.3 Å². The summed E-state index contributed by atoms with van der Waals surface area (Å²) in [5.41, 5.74) is 0.549. The fourth-order valence-corrected chi connectivity index (χ4v) is 3.27. The third-order valence-electron chi connectivity index (χ3n) is 4.73. The molecule has 1 N–H and O–H groups in total. The van der Waals surface area contributed by atoms with Gasteiger partial charge in [-0.2, -0.15) is 0 Å². The summed E-state index contributed by atoms with van der Waals surface area (Å²) in [6.07, 6.45) is 1.41. The molecule has 1 heterocycles. The molecule has 25 heavy (non-hydrogen) atoms. The monoisotopic (exact) mass is 339 g/mol. The van der Waals surface area contributed by atoms with Crippen molar-refractivity contribution in [2.45, 2.75) is 31.2 Å². The van der Waals surface area contributed by atoms with E-state index in [1.165, 1.54) is 0 Å². The van der Waals surface area contributed by atoms with Crippen molar-refractivity contribution in [2.24, 2.45) is 0 Å². The predicted molar refractivity (Wildman–Crippen MR) is 97.7 cm³/mol. The van der Waals surface area contributed by atoms with E-state index >= 15 is 0 Å². The number of nitrogens with one attached hydrogen (secondary N) is 1. The van der Waals surface area contributed by atoms with Crippen LogP contribution in [0.5, 0.6) is 5.75 Å². The molecule has 4 heteroatoms. The first-order chi connectivity index (χ1) is 12.2. The average Bonchev–Trinajstić information content (AvgIpc) is 2.68. The zero-order valence-corrected chi connectivity index (χ0v) is 14.6. The number of carbonyl (C=O) groups is 1. The Morgan fingerprint density at radius 2 is 1.68 bits per heavy atom. The molecule has 1 saturated heterocycles. The van der Waals surface area contributed by atoms with Crippen molar-refractivity contribution in [1.82, 2.24) is 5.32 Å². The Morgan fingerprint density at radius 3 is 2.32 bits per heavy atom. The van der Waals surface area contributed by atoms with Gasteiger partial charge >= 0.3 is 0 Å². The number of hydrogen-bond donors (Lipinski definition) is 1. The molecule has 132 valence electrons. The van der Waals surface area contributed by atoms with Crippen molar-refractivity contribution in [1.29, 1.82) is 0 Å². The van der Waals surface area contributed by atoms with Crippen molar-refractivity contribution in [3.63, 3.8) is 0 Å². The lowest BCUT2D eigenvalue weighted by Gasteiger charge is -2.37. The summed E-state index contributed by atoms with van der Waals surface area (Å²) in [6, 6.07) is 19.6. The fourth-order valence-electron chi connectivity index (χ4n) is 3.27. The lowest BCUT2D eigenvalue weighted by Crippen LogP contribution is -2.51. The molecule has 0 bridgehead atoms. The molecule has 0 aliphatic carbocycles. The normalized spacial score (nSPS) is 17.5. The Balaban J connectivity index is 1.66. The summed E-state index contributed by atoms with van der Waals surface area (Å²) >= 11 is 0. The van der Waals surface area contributed by atoms with Crippen molar-refractivity contribution < 1.29 is 14.3 Å². The minimum Gasteiger partial charge on any atom is -0.491 e. The van der Waals surface area contributed by atoms with Gasteiger partial charge in [0.25, 0.3) is 0 Å². The SMILES string of the molecule is C[C@@H](COc1ccccc1)NC(=O)C1(c2ccccc2)CCOCC1. The first kappa shape index (κ1) is 17.5. The molecule has 0 radical (unpaired) electrons. The second-order valence-electron chi connectivity index (χ2n) is 6.56. The van der Waals surface area contributed by atoms with E-state index in [4.69, 9.17) is 9.47 Å². The van der Waals surface area contributed by atoms with Crippen LogP contribution in [0.3, 0.4) is 0 Å². The zero-order chi connectivity index (χ0) is 17.5. The van der Waals surface area contributed by atoms with Crippen LogP contribution in [0.1, 0.15) is 25.3 Å². The van der Waals surface area contributed by atoms with Crippen LogP contribution in [0.4, 0.5) is 0 Å². The molecule has 0 unspecified atom stereocenters. The fraction of sp³-hybridized carbons (Fsp3) is 0.381. The highest BCUT2D eigenvalue weighted by atomic mass is 16.5. The van der Waals surface area contributed by atoms with Crippen LogP contribution >= 0.6 is 0 Å². The second-order valence-corrected chi connectivity index (χ2v) is 6.56. The van der Waals surface area contributed by atoms with Gasteiger partial charge in [-0.25, -0.2) is 0 Å². The number of amides is 1. The van der Waals surface area contributed by atoms with Gasteiger partial charge in [-0.15, -0.1) is 0 Å². The minimum atomic E-state index is -0.513. The Hall–Kier alpha value is -2.33. The van der Waals surface area contributed by atoms with E-state index in [1.54, 1.807) is 0 Å². The molecular weight excluding hydrogens is 314 g/mol. The van der Waals surface area contributed by atoms with E-state index in [-0.39, 0.29) is 11.9 Å². The molecule has 1 aliphatic rings. The molecule has 4 nitrogen and oxygen atoms in total. The maximum Gasteiger partial charge on any atom is 0.231 e. The molecule has 1 amide bonds. The highest BCUT2D eigenvalue weighted by molar-refractivity contribution is 5.88. The standard InChI is InChI=1S/C21H25NO3/c1-17(16-25-19-10-6-3-7-11-19)22-20(23)21(12-14-24-15-13-21)18-8-4-2-5-9-18/h2-11,17H,12-16H2,1H3,(H,22,23)/t17-/m0/s1. The van der Waals surface area contributed by atoms with Crippen LogP contribution in [-0.2, 0) is 14.9 Å². The van der Waals surface area contributed by atoms with Crippen LogP contribution in [0.15, 0.2) is 60.7 Å².